The first kappa shape index (κ1) is 19.2. The van der Waals surface area contributed by atoms with Crippen LogP contribution in [0.5, 0.6) is 0 Å². The van der Waals surface area contributed by atoms with E-state index in [2.05, 4.69) is 35.6 Å². The van der Waals surface area contributed by atoms with Crippen LogP contribution in [-0.2, 0) is 0 Å². The van der Waals surface area contributed by atoms with Crippen molar-refractivity contribution in [1.29, 1.82) is 0 Å². The third kappa shape index (κ3) is 15.3. The van der Waals surface area contributed by atoms with Crippen LogP contribution in [0.2, 0.25) is 0 Å². The fraction of sp³-hybridized carbons (Fsp3) is 1.00. The van der Waals surface area contributed by atoms with Gasteiger partial charge in [0.25, 0.3) is 0 Å². The minimum atomic E-state index is 0.420. The Kier molecular flexibility index (Phi) is 17.4. The van der Waals surface area contributed by atoms with E-state index in [1.807, 2.05) is 0 Å². The van der Waals surface area contributed by atoms with E-state index >= 15 is 0 Å². The summed E-state index contributed by atoms with van der Waals surface area (Å²) < 4.78 is 0. The van der Waals surface area contributed by atoms with E-state index in [9.17, 15) is 0 Å². The predicted molar refractivity (Wildman–Crippen MR) is 90.6 cm³/mol. The van der Waals surface area contributed by atoms with Crippen molar-refractivity contribution in [3.05, 3.63) is 0 Å². The summed E-state index contributed by atoms with van der Waals surface area (Å²) in [6.45, 7) is 4.60. The SMILES string of the molecule is CCCCCCCCP([TeH])CCCCCCCC. The summed E-state index contributed by atoms with van der Waals surface area (Å²) >= 11 is 2.15. The summed E-state index contributed by atoms with van der Waals surface area (Å²) in [5.74, 6) is 0. The van der Waals surface area contributed by atoms with E-state index < -0.39 is 0 Å². The van der Waals surface area contributed by atoms with Crippen LogP contribution in [0.3, 0.4) is 0 Å². The molecule has 0 spiro atoms. The molecule has 110 valence electrons. The number of rotatable bonds is 14. The van der Waals surface area contributed by atoms with Gasteiger partial charge >= 0.3 is 131 Å². The van der Waals surface area contributed by atoms with E-state index in [1.165, 1.54) is 77.0 Å². The van der Waals surface area contributed by atoms with E-state index in [4.69, 9.17) is 0 Å². The summed E-state index contributed by atoms with van der Waals surface area (Å²) in [5.41, 5.74) is 0.420. The third-order valence-corrected chi connectivity index (χ3v) is 8.63. The van der Waals surface area contributed by atoms with Crippen molar-refractivity contribution in [2.24, 2.45) is 0 Å². The second-order valence-corrected chi connectivity index (χ2v) is 12.2. The van der Waals surface area contributed by atoms with Crippen molar-refractivity contribution in [2.45, 2.75) is 90.9 Å². The Bertz CT molecular complexity index is 134. The van der Waals surface area contributed by atoms with Crippen LogP contribution in [-0.4, -0.2) is 34.1 Å². The number of unbranched alkanes of at least 4 members (excludes halogenated alkanes) is 10. The molecule has 0 aliphatic rings. The average Bonchev–Trinajstić information content (AvgIpc) is 2.38. The standard InChI is InChI=1S/C16H35PTe/c1-3-5-7-9-11-13-15-17(18)16-14-12-10-8-6-4-2/h18H,3-16H2,1-2H3. The van der Waals surface area contributed by atoms with Gasteiger partial charge < -0.3 is 0 Å². The first-order chi connectivity index (χ1) is 8.81. The van der Waals surface area contributed by atoms with Crippen molar-refractivity contribution >= 4 is 27.4 Å². The fourth-order valence-electron chi connectivity index (χ4n) is 2.26. The van der Waals surface area contributed by atoms with E-state index in [1.54, 1.807) is 12.3 Å². The predicted octanol–water partition coefficient (Wildman–Crippen LogP) is 6.01. The first-order valence-electron chi connectivity index (χ1n) is 8.25. The molecule has 2 heteroatoms. The van der Waals surface area contributed by atoms with Crippen LogP contribution in [0.1, 0.15) is 90.9 Å². The molecule has 0 radical (unpaired) electrons. The molecule has 0 aromatic rings. The molecule has 0 rings (SSSR count). The topological polar surface area (TPSA) is 0 Å². The van der Waals surface area contributed by atoms with Crippen LogP contribution in [0.15, 0.2) is 0 Å². The molecule has 0 fully saturated rings. The Morgan fingerprint density at radius 2 is 0.889 bits per heavy atom. The van der Waals surface area contributed by atoms with E-state index in [0.29, 0.717) is 5.61 Å². The Balaban J connectivity index is 3.10. The monoisotopic (exact) mass is 388 g/mol. The van der Waals surface area contributed by atoms with Crippen molar-refractivity contribution in [1.82, 2.24) is 0 Å². The molecule has 0 nitrogen and oxygen atoms in total. The van der Waals surface area contributed by atoms with Gasteiger partial charge in [0.2, 0.25) is 0 Å². The van der Waals surface area contributed by atoms with Crippen LogP contribution in [0.25, 0.3) is 0 Å². The molecule has 0 heterocycles. The molecule has 0 aromatic heterocycles. The van der Waals surface area contributed by atoms with Crippen LogP contribution < -0.4 is 0 Å². The first-order valence-corrected chi connectivity index (χ1v) is 13.3. The van der Waals surface area contributed by atoms with Gasteiger partial charge in [0, 0.05) is 0 Å². The molecule has 0 aliphatic carbocycles. The summed E-state index contributed by atoms with van der Waals surface area (Å²) in [6.07, 6.45) is 20.7. The normalized spacial score (nSPS) is 11.3. The molecule has 0 atom stereocenters. The van der Waals surface area contributed by atoms with E-state index in [0.717, 1.165) is 0 Å². The molecular weight excluding hydrogens is 351 g/mol. The van der Waals surface area contributed by atoms with Crippen LogP contribution >= 0.6 is 5.61 Å². The fourth-order valence-corrected chi connectivity index (χ4v) is 6.08. The van der Waals surface area contributed by atoms with Gasteiger partial charge in [0.15, 0.2) is 0 Å². The second kappa shape index (κ2) is 16.3. The third-order valence-electron chi connectivity index (χ3n) is 3.54. The van der Waals surface area contributed by atoms with Gasteiger partial charge in [-0.25, -0.2) is 0 Å². The summed E-state index contributed by atoms with van der Waals surface area (Å²) in [7, 11) is 0. The van der Waals surface area contributed by atoms with Gasteiger partial charge in [-0.15, -0.1) is 0 Å². The molecule has 0 unspecified atom stereocenters. The minimum absolute atomic E-state index is 0.420. The zero-order valence-electron chi connectivity index (χ0n) is 12.8. The molecule has 0 amide bonds. The van der Waals surface area contributed by atoms with Gasteiger partial charge in [-0.05, 0) is 0 Å². The molecular formula is C16H35PTe. The van der Waals surface area contributed by atoms with Crippen molar-refractivity contribution in [2.75, 3.05) is 12.3 Å². The van der Waals surface area contributed by atoms with Gasteiger partial charge in [-0.2, -0.15) is 0 Å². The molecule has 0 saturated heterocycles. The Labute approximate surface area is 130 Å². The summed E-state index contributed by atoms with van der Waals surface area (Å²) in [5, 5.41) is 0. The van der Waals surface area contributed by atoms with Gasteiger partial charge in [0.05, 0.1) is 0 Å². The van der Waals surface area contributed by atoms with Crippen molar-refractivity contribution in [3.63, 3.8) is 0 Å². The molecule has 18 heavy (non-hydrogen) atoms. The van der Waals surface area contributed by atoms with Gasteiger partial charge in [-0.3, -0.25) is 0 Å². The molecule has 0 N–H and O–H groups in total. The molecule has 0 aliphatic heterocycles. The second-order valence-electron chi connectivity index (χ2n) is 5.49. The summed E-state index contributed by atoms with van der Waals surface area (Å²) in [4.78, 5) is 0. The van der Waals surface area contributed by atoms with Gasteiger partial charge in [-0.1, -0.05) is 0 Å². The number of hydrogen-bond acceptors (Lipinski definition) is 0. The Morgan fingerprint density at radius 1 is 0.556 bits per heavy atom. The summed E-state index contributed by atoms with van der Waals surface area (Å²) in [6, 6.07) is 0. The average molecular weight is 386 g/mol. The van der Waals surface area contributed by atoms with Crippen LogP contribution in [0, 0.1) is 0 Å². The molecule has 0 bridgehead atoms. The maximum atomic E-state index is 2.30. The van der Waals surface area contributed by atoms with E-state index in [-0.39, 0.29) is 0 Å². The van der Waals surface area contributed by atoms with Crippen LogP contribution in [0.4, 0.5) is 0 Å². The molecule has 0 aromatic carbocycles. The maximum absolute atomic E-state index is 2.30. The quantitative estimate of drug-likeness (QED) is 0.195. The van der Waals surface area contributed by atoms with Crippen molar-refractivity contribution < 1.29 is 0 Å². The zero-order valence-corrected chi connectivity index (χ0v) is 16.2. The van der Waals surface area contributed by atoms with Gasteiger partial charge in [0.1, 0.15) is 0 Å². The number of hydrogen-bond donors (Lipinski definition) is 0. The Hall–Kier alpha value is 1.22. The van der Waals surface area contributed by atoms with Crippen molar-refractivity contribution in [3.8, 4) is 0 Å². The Morgan fingerprint density at radius 3 is 1.28 bits per heavy atom. The zero-order chi connectivity index (χ0) is 13.5. The molecule has 0 saturated carbocycles.